The third-order valence-corrected chi connectivity index (χ3v) is 3.87. The minimum absolute atomic E-state index is 0.0792. The summed E-state index contributed by atoms with van der Waals surface area (Å²) in [5, 5.41) is 35.0. The van der Waals surface area contributed by atoms with Gasteiger partial charge in [0.1, 0.15) is 5.75 Å². The number of nitrogens with zero attached hydrogens (tertiary/aromatic N) is 2. The molecular formula is C19H15N3O6. The van der Waals surface area contributed by atoms with Gasteiger partial charge in [0.25, 0.3) is 11.5 Å². The van der Waals surface area contributed by atoms with Crippen molar-refractivity contribution in [3.05, 3.63) is 75.7 Å². The predicted molar refractivity (Wildman–Crippen MR) is 99.3 cm³/mol. The van der Waals surface area contributed by atoms with Crippen LogP contribution in [0.5, 0.6) is 11.5 Å². The van der Waals surface area contributed by atoms with Crippen molar-refractivity contribution in [3.63, 3.8) is 0 Å². The molecule has 28 heavy (non-hydrogen) atoms. The van der Waals surface area contributed by atoms with Crippen LogP contribution in [-0.4, -0.2) is 37.0 Å². The third-order valence-electron chi connectivity index (χ3n) is 3.87. The summed E-state index contributed by atoms with van der Waals surface area (Å²) in [6, 6.07) is 11.1. The van der Waals surface area contributed by atoms with Crippen molar-refractivity contribution < 1.29 is 24.9 Å². The molecule has 3 aromatic rings. The van der Waals surface area contributed by atoms with Crippen LogP contribution in [0, 0.1) is 6.92 Å². The van der Waals surface area contributed by atoms with Gasteiger partial charge in [0, 0.05) is 6.07 Å². The van der Waals surface area contributed by atoms with Gasteiger partial charge >= 0.3 is 5.97 Å². The molecule has 9 heteroatoms. The number of carbonyl (C=O) groups excluding carboxylic acids is 1. The van der Waals surface area contributed by atoms with E-state index in [0.717, 1.165) is 22.4 Å². The summed E-state index contributed by atoms with van der Waals surface area (Å²) in [5.41, 5.74) is -0.0356. The van der Waals surface area contributed by atoms with E-state index in [4.69, 9.17) is 5.11 Å². The van der Waals surface area contributed by atoms with Crippen molar-refractivity contribution in [2.24, 2.45) is 0 Å². The highest BCUT2D eigenvalue weighted by Crippen LogP contribution is 2.25. The molecule has 0 saturated carbocycles. The van der Waals surface area contributed by atoms with Crippen molar-refractivity contribution in [1.29, 1.82) is 0 Å². The average Bonchev–Trinajstić information content (AvgIpc) is 2.63. The van der Waals surface area contributed by atoms with E-state index in [1.165, 1.54) is 12.1 Å². The molecule has 3 rings (SSSR count). The fraction of sp³-hybridized carbons (Fsp3) is 0.0526. The molecule has 0 unspecified atom stereocenters. The Labute approximate surface area is 158 Å². The lowest BCUT2D eigenvalue weighted by atomic mass is 10.2. The summed E-state index contributed by atoms with van der Waals surface area (Å²) in [6.07, 6.45) is 0. The Kier molecular flexibility index (Phi) is 4.82. The topological polar surface area (TPSA) is 142 Å². The second-order valence-electron chi connectivity index (χ2n) is 5.96. The number of carboxylic acids is 1. The van der Waals surface area contributed by atoms with E-state index in [1.807, 2.05) is 13.0 Å². The van der Waals surface area contributed by atoms with E-state index in [0.29, 0.717) is 5.69 Å². The highest BCUT2D eigenvalue weighted by molar-refractivity contribution is 6.05. The summed E-state index contributed by atoms with van der Waals surface area (Å²) in [6.45, 7) is 1.83. The van der Waals surface area contributed by atoms with Crippen LogP contribution >= 0.6 is 0 Å². The quantitative estimate of drug-likeness (QED) is 0.506. The highest BCUT2D eigenvalue weighted by atomic mass is 16.4. The number of carbonyl (C=O) groups is 2. The van der Waals surface area contributed by atoms with Crippen molar-refractivity contribution in [2.45, 2.75) is 6.92 Å². The molecule has 0 bridgehead atoms. The number of aryl methyl sites for hydroxylation is 1. The third kappa shape index (κ3) is 3.68. The zero-order valence-electron chi connectivity index (χ0n) is 14.6. The maximum atomic E-state index is 12.5. The molecule has 1 amide bonds. The van der Waals surface area contributed by atoms with Gasteiger partial charge in [-0.05, 0) is 42.8 Å². The van der Waals surface area contributed by atoms with Crippen molar-refractivity contribution in [1.82, 2.24) is 9.78 Å². The smallest absolute Gasteiger partial charge is 0.335 e. The summed E-state index contributed by atoms with van der Waals surface area (Å²) < 4.78 is 0.967. The number of benzene rings is 2. The molecule has 142 valence electrons. The fourth-order valence-corrected chi connectivity index (χ4v) is 2.51. The normalized spacial score (nSPS) is 10.5. The first-order valence-electron chi connectivity index (χ1n) is 8.04. The van der Waals surface area contributed by atoms with Crippen molar-refractivity contribution in [2.75, 3.05) is 5.32 Å². The fourth-order valence-electron chi connectivity index (χ4n) is 2.51. The van der Waals surface area contributed by atoms with E-state index in [9.17, 15) is 24.6 Å². The molecule has 0 aliphatic rings. The number of nitrogens with one attached hydrogen (secondary N) is 1. The number of amides is 1. The van der Waals surface area contributed by atoms with Crippen LogP contribution in [0.2, 0.25) is 0 Å². The Hall–Kier alpha value is -4.14. The standard InChI is InChI=1S/C19H15N3O6/c1-10-3-2-4-12(7-10)22-16(25)9-15(24)17(21-22)18(26)20-13-6-5-11(19(27)28)8-14(13)23/h2-9,23-24H,1H3,(H,20,26)(H,27,28). The zero-order valence-corrected chi connectivity index (χ0v) is 14.6. The number of anilines is 1. The van der Waals surface area contributed by atoms with Gasteiger partial charge in [-0.3, -0.25) is 9.59 Å². The number of hydrogen-bond acceptors (Lipinski definition) is 6. The number of phenols is 1. The van der Waals surface area contributed by atoms with Gasteiger partial charge in [-0.15, -0.1) is 0 Å². The van der Waals surface area contributed by atoms with Crippen LogP contribution in [0.1, 0.15) is 26.4 Å². The van der Waals surface area contributed by atoms with Gasteiger partial charge in [-0.25, -0.2) is 4.79 Å². The summed E-state index contributed by atoms with van der Waals surface area (Å²) >= 11 is 0. The first-order valence-corrected chi connectivity index (χ1v) is 8.04. The van der Waals surface area contributed by atoms with Gasteiger partial charge in [-0.1, -0.05) is 12.1 Å². The van der Waals surface area contributed by atoms with Gasteiger partial charge in [-0.2, -0.15) is 9.78 Å². The van der Waals surface area contributed by atoms with Crippen LogP contribution in [0.3, 0.4) is 0 Å². The Balaban J connectivity index is 1.97. The Morgan fingerprint density at radius 3 is 2.43 bits per heavy atom. The van der Waals surface area contributed by atoms with Crippen LogP contribution in [0.15, 0.2) is 53.3 Å². The van der Waals surface area contributed by atoms with E-state index in [-0.39, 0.29) is 11.3 Å². The molecule has 4 N–H and O–H groups in total. The molecule has 0 aliphatic heterocycles. The number of hydrogen-bond donors (Lipinski definition) is 4. The number of aromatic carboxylic acids is 1. The van der Waals surface area contributed by atoms with E-state index in [1.54, 1.807) is 18.2 Å². The van der Waals surface area contributed by atoms with Crippen LogP contribution in [0.4, 0.5) is 5.69 Å². The first kappa shape index (κ1) is 18.6. The van der Waals surface area contributed by atoms with Crippen molar-refractivity contribution >= 4 is 17.6 Å². The minimum atomic E-state index is -1.24. The maximum absolute atomic E-state index is 12.5. The summed E-state index contributed by atoms with van der Waals surface area (Å²) in [4.78, 5) is 35.6. The van der Waals surface area contributed by atoms with Gasteiger partial charge in [0.15, 0.2) is 11.4 Å². The van der Waals surface area contributed by atoms with Gasteiger partial charge in [0.05, 0.1) is 16.9 Å². The molecule has 1 aromatic heterocycles. The largest absolute Gasteiger partial charge is 0.506 e. The van der Waals surface area contributed by atoms with Crippen LogP contribution in [-0.2, 0) is 0 Å². The Morgan fingerprint density at radius 1 is 1.04 bits per heavy atom. The summed E-state index contributed by atoms with van der Waals surface area (Å²) in [7, 11) is 0. The van der Waals surface area contributed by atoms with Gasteiger partial charge in [0.2, 0.25) is 0 Å². The lowest BCUT2D eigenvalue weighted by molar-refractivity contribution is 0.0696. The molecule has 0 saturated heterocycles. The molecule has 0 radical (unpaired) electrons. The lowest BCUT2D eigenvalue weighted by Gasteiger charge is -2.11. The van der Waals surface area contributed by atoms with E-state index < -0.39 is 34.6 Å². The molecule has 0 fully saturated rings. The molecule has 2 aromatic carbocycles. The van der Waals surface area contributed by atoms with Crippen LogP contribution < -0.4 is 10.9 Å². The molecule has 0 aliphatic carbocycles. The predicted octanol–water partition coefficient (Wildman–Crippen LogP) is 1.90. The number of carboxylic acid groups (broad SMARTS) is 1. The zero-order chi connectivity index (χ0) is 20.4. The SMILES string of the molecule is Cc1cccc(-n2nc(C(=O)Nc3ccc(C(=O)O)cc3O)c(O)cc2=O)c1. The van der Waals surface area contributed by atoms with Crippen molar-refractivity contribution in [3.8, 4) is 17.2 Å². The maximum Gasteiger partial charge on any atom is 0.335 e. The lowest BCUT2D eigenvalue weighted by Crippen LogP contribution is -2.25. The number of rotatable bonds is 4. The second-order valence-corrected chi connectivity index (χ2v) is 5.96. The number of aromatic hydroxyl groups is 2. The molecular weight excluding hydrogens is 366 g/mol. The first-order chi connectivity index (χ1) is 13.3. The Morgan fingerprint density at radius 2 is 1.79 bits per heavy atom. The molecule has 0 spiro atoms. The minimum Gasteiger partial charge on any atom is -0.506 e. The van der Waals surface area contributed by atoms with Gasteiger partial charge < -0.3 is 20.6 Å². The molecule has 1 heterocycles. The average molecular weight is 381 g/mol. The second kappa shape index (κ2) is 7.23. The van der Waals surface area contributed by atoms with E-state index in [2.05, 4.69) is 10.4 Å². The van der Waals surface area contributed by atoms with Crippen LogP contribution in [0.25, 0.3) is 5.69 Å². The summed E-state index contributed by atoms with van der Waals surface area (Å²) in [5.74, 6) is -3.23. The molecule has 0 atom stereocenters. The number of phenolic OH excluding ortho intramolecular Hbond substituents is 1. The Bertz CT molecular complexity index is 1150. The van der Waals surface area contributed by atoms with E-state index >= 15 is 0 Å². The monoisotopic (exact) mass is 381 g/mol. The molecule has 9 nitrogen and oxygen atoms in total. The highest BCUT2D eigenvalue weighted by Gasteiger charge is 2.19. The number of aromatic nitrogens is 2.